The lowest BCUT2D eigenvalue weighted by Gasteiger charge is -2.44. The van der Waals surface area contributed by atoms with Gasteiger partial charge in [0.25, 0.3) is 0 Å². The Kier molecular flexibility index (Phi) is 2.86. The van der Waals surface area contributed by atoms with Crippen LogP contribution in [0.3, 0.4) is 0 Å². The summed E-state index contributed by atoms with van der Waals surface area (Å²) in [5, 5.41) is 2.93. The number of nitrogens with zero attached hydrogens (tertiary/aromatic N) is 1. The first-order valence-corrected chi connectivity index (χ1v) is 6.02. The van der Waals surface area contributed by atoms with Crippen molar-refractivity contribution in [2.75, 3.05) is 18.0 Å². The van der Waals surface area contributed by atoms with Crippen molar-refractivity contribution in [2.45, 2.75) is 33.2 Å². The molecule has 3 nitrogen and oxygen atoms in total. The Morgan fingerprint density at radius 2 is 2.00 bits per heavy atom. The van der Waals surface area contributed by atoms with E-state index in [1.54, 1.807) is 0 Å². The van der Waals surface area contributed by atoms with E-state index in [1.165, 1.54) is 16.8 Å². The molecule has 0 aromatic heterocycles. The van der Waals surface area contributed by atoms with Crippen LogP contribution in [0.2, 0.25) is 0 Å². The van der Waals surface area contributed by atoms with Gasteiger partial charge in [0.05, 0.1) is 12.1 Å². The molecule has 1 heterocycles. The number of benzene rings is 1. The molecule has 0 atom stereocenters. The van der Waals surface area contributed by atoms with Gasteiger partial charge >= 0.3 is 0 Å². The average molecular weight is 232 g/mol. The molecule has 0 bridgehead atoms. The third kappa shape index (κ3) is 2.14. The molecule has 1 fully saturated rings. The summed E-state index contributed by atoms with van der Waals surface area (Å²) < 4.78 is 0. The summed E-state index contributed by atoms with van der Waals surface area (Å²) in [5.74, 6) is 0.102. The smallest absolute Gasteiger partial charge is 0.239 e. The maximum absolute atomic E-state index is 11.6. The number of nitrogens with one attached hydrogen (secondary N) is 1. The van der Waals surface area contributed by atoms with Gasteiger partial charge in [0.1, 0.15) is 0 Å². The maximum Gasteiger partial charge on any atom is 0.239 e. The van der Waals surface area contributed by atoms with Gasteiger partial charge in [0.15, 0.2) is 0 Å². The number of rotatable bonds is 1. The monoisotopic (exact) mass is 232 g/mol. The molecule has 0 spiro atoms. The van der Waals surface area contributed by atoms with Crippen LogP contribution in [-0.4, -0.2) is 24.5 Å². The van der Waals surface area contributed by atoms with Crippen LogP contribution in [0.25, 0.3) is 0 Å². The van der Waals surface area contributed by atoms with E-state index in [9.17, 15) is 4.79 Å². The summed E-state index contributed by atoms with van der Waals surface area (Å²) >= 11 is 0. The maximum atomic E-state index is 11.6. The van der Waals surface area contributed by atoms with Crippen LogP contribution in [0, 0.1) is 13.8 Å². The molecule has 1 N–H and O–H groups in total. The summed E-state index contributed by atoms with van der Waals surface area (Å²) in [6.45, 7) is 9.68. The highest BCUT2D eigenvalue weighted by molar-refractivity contribution is 5.84. The predicted octanol–water partition coefficient (Wildman–Crippen LogP) is 2.02. The molecule has 0 aliphatic carbocycles. The summed E-state index contributed by atoms with van der Waals surface area (Å²) in [5.41, 5.74) is 3.66. The second-order valence-corrected chi connectivity index (χ2v) is 5.39. The van der Waals surface area contributed by atoms with Crippen LogP contribution >= 0.6 is 0 Å². The third-order valence-electron chi connectivity index (χ3n) is 3.62. The Morgan fingerprint density at radius 3 is 2.71 bits per heavy atom. The lowest BCUT2D eigenvalue weighted by Crippen LogP contribution is -2.60. The number of hydrogen-bond donors (Lipinski definition) is 1. The molecule has 0 unspecified atom stereocenters. The van der Waals surface area contributed by atoms with Crippen molar-refractivity contribution < 1.29 is 4.79 Å². The number of amides is 1. The van der Waals surface area contributed by atoms with E-state index in [0.717, 1.165) is 0 Å². The lowest BCUT2D eigenvalue weighted by molar-refractivity contribution is -0.121. The van der Waals surface area contributed by atoms with Gasteiger partial charge in [0.2, 0.25) is 5.91 Å². The second-order valence-electron chi connectivity index (χ2n) is 5.39. The summed E-state index contributed by atoms with van der Waals surface area (Å²) in [6, 6.07) is 6.26. The van der Waals surface area contributed by atoms with Crippen molar-refractivity contribution in [1.29, 1.82) is 0 Å². The highest BCUT2D eigenvalue weighted by Crippen LogP contribution is 2.29. The van der Waals surface area contributed by atoms with Gasteiger partial charge in [-0.15, -0.1) is 0 Å². The van der Waals surface area contributed by atoms with Crippen LogP contribution in [0.1, 0.15) is 25.0 Å². The standard InChI is InChI=1S/C14H20N2O/c1-10-6-5-7-12(11(10)2)16-8-13(17)15-9-14(16,3)4/h5-7H,8-9H2,1-4H3,(H,15,17). The first-order chi connectivity index (χ1) is 7.92. The molecule has 1 aromatic carbocycles. The van der Waals surface area contributed by atoms with E-state index < -0.39 is 0 Å². The highest BCUT2D eigenvalue weighted by Gasteiger charge is 2.33. The zero-order chi connectivity index (χ0) is 12.6. The quantitative estimate of drug-likeness (QED) is 0.803. The number of anilines is 1. The van der Waals surface area contributed by atoms with Crippen LogP contribution in [0.4, 0.5) is 5.69 Å². The average Bonchev–Trinajstić information content (AvgIpc) is 2.26. The van der Waals surface area contributed by atoms with Crippen LogP contribution in [0.15, 0.2) is 18.2 Å². The Morgan fingerprint density at radius 1 is 1.29 bits per heavy atom. The van der Waals surface area contributed by atoms with E-state index in [0.29, 0.717) is 13.1 Å². The molecule has 0 saturated carbocycles. The molecular formula is C14H20N2O. The Hall–Kier alpha value is -1.51. The SMILES string of the molecule is Cc1cccc(N2CC(=O)NCC2(C)C)c1C. The molecule has 1 aliphatic rings. The fourth-order valence-corrected chi connectivity index (χ4v) is 2.26. The van der Waals surface area contributed by atoms with Gasteiger partial charge in [-0.1, -0.05) is 12.1 Å². The Bertz CT molecular complexity index is 452. The summed E-state index contributed by atoms with van der Waals surface area (Å²) in [6.07, 6.45) is 0. The molecule has 92 valence electrons. The van der Waals surface area contributed by atoms with Crippen LogP contribution in [0.5, 0.6) is 0 Å². The van der Waals surface area contributed by atoms with Gasteiger partial charge in [-0.3, -0.25) is 4.79 Å². The summed E-state index contributed by atoms with van der Waals surface area (Å²) in [7, 11) is 0. The predicted molar refractivity (Wildman–Crippen MR) is 70.4 cm³/mol. The zero-order valence-electron chi connectivity index (χ0n) is 11.0. The van der Waals surface area contributed by atoms with Gasteiger partial charge in [0, 0.05) is 12.2 Å². The van der Waals surface area contributed by atoms with Gasteiger partial charge in [-0.2, -0.15) is 0 Å². The number of piperazine rings is 1. The van der Waals surface area contributed by atoms with Crippen molar-refractivity contribution in [3.05, 3.63) is 29.3 Å². The fraction of sp³-hybridized carbons (Fsp3) is 0.500. The minimum Gasteiger partial charge on any atom is -0.355 e. The fourth-order valence-electron chi connectivity index (χ4n) is 2.26. The molecule has 1 aromatic rings. The molecule has 1 amide bonds. The molecule has 3 heteroatoms. The molecule has 1 saturated heterocycles. The normalized spacial score (nSPS) is 19.1. The first-order valence-electron chi connectivity index (χ1n) is 6.02. The molecular weight excluding hydrogens is 212 g/mol. The number of carbonyl (C=O) groups excluding carboxylic acids is 1. The van der Waals surface area contributed by atoms with Crippen molar-refractivity contribution in [3.8, 4) is 0 Å². The molecule has 2 rings (SSSR count). The van der Waals surface area contributed by atoms with Crippen molar-refractivity contribution in [1.82, 2.24) is 5.32 Å². The topological polar surface area (TPSA) is 32.3 Å². The lowest BCUT2D eigenvalue weighted by atomic mass is 9.96. The van der Waals surface area contributed by atoms with E-state index >= 15 is 0 Å². The Labute approximate surface area is 103 Å². The Balaban J connectivity index is 2.43. The van der Waals surface area contributed by atoms with E-state index in [-0.39, 0.29) is 11.4 Å². The van der Waals surface area contributed by atoms with Gasteiger partial charge < -0.3 is 10.2 Å². The molecule has 0 radical (unpaired) electrons. The van der Waals surface area contributed by atoms with Crippen LogP contribution < -0.4 is 10.2 Å². The first kappa shape index (κ1) is 12.0. The van der Waals surface area contributed by atoms with E-state index in [1.807, 2.05) is 0 Å². The van der Waals surface area contributed by atoms with Crippen molar-refractivity contribution in [2.24, 2.45) is 0 Å². The van der Waals surface area contributed by atoms with Gasteiger partial charge in [-0.25, -0.2) is 0 Å². The summed E-state index contributed by atoms with van der Waals surface area (Å²) in [4.78, 5) is 13.8. The van der Waals surface area contributed by atoms with E-state index in [4.69, 9.17) is 0 Å². The van der Waals surface area contributed by atoms with Crippen molar-refractivity contribution in [3.63, 3.8) is 0 Å². The molecule has 1 aliphatic heterocycles. The second kappa shape index (κ2) is 4.06. The van der Waals surface area contributed by atoms with E-state index in [2.05, 4.69) is 56.1 Å². The number of hydrogen-bond acceptors (Lipinski definition) is 2. The highest BCUT2D eigenvalue weighted by atomic mass is 16.2. The van der Waals surface area contributed by atoms with Gasteiger partial charge in [-0.05, 0) is 44.9 Å². The third-order valence-corrected chi connectivity index (χ3v) is 3.62. The minimum absolute atomic E-state index is 0.0353. The number of aryl methyl sites for hydroxylation is 1. The zero-order valence-corrected chi connectivity index (χ0v) is 11.0. The largest absolute Gasteiger partial charge is 0.355 e. The van der Waals surface area contributed by atoms with Crippen molar-refractivity contribution >= 4 is 11.6 Å². The van der Waals surface area contributed by atoms with Crippen LogP contribution in [-0.2, 0) is 4.79 Å². The minimum atomic E-state index is -0.0353. The number of carbonyl (C=O) groups is 1. The molecule has 17 heavy (non-hydrogen) atoms.